The molecule has 5 rings (SSSR count). The number of fused-ring (bicyclic) bond motifs is 1. The van der Waals surface area contributed by atoms with E-state index < -0.39 is 17.3 Å². The molecule has 2 aromatic carbocycles. The molecule has 0 saturated heterocycles. The number of aromatic nitrogens is 4. The molecule has 9 nitrogen and oxygen atoms in total. The van der Waals surface area contributed by atoms with Gasteiger partial charge in [0.1, 0.15) is 18.4 Å². The summed E-state index contributed by atoms with van der Waals surface area (Å²) in [4.78, 5) is 16.7. The number of nitrogens with two attached hydrogens (primary N) is 1. The Hall–Kier alpha value is -3.50. The van der Waals surface area contributed by atoms with E-state index in [-0.39, 0.29) is 6.10 Å². The van der Waals surface area contributed by atoms with E-state index in [0.29, 0.717) is 29.6 Å². The van der Waals surface area contributed by atoms with Gasteiger partial charge in [0.2, 0.25) is 0 Å². The molecule has 1 amide bonds. The fourth-order valence-corrected chi connectivity index (χ4v) is 5.32. The largest absolute Gasteiger partial charge is 0.611 e. The van der Waals surface area contributed by atoms with Gasteiger partial charge in [-0.25, -0.2) is 14.5 Å². The highest BCUT2D eigenvalue weighted by Crippen LogP contribution is 2.41. The number of nitrogens with one attached hydrogen (secondary N) is 1. The van der Waals surface area contributed by atoms with Crippen molar-refractivity contribution in [3.63, 3.8) is 0 Å². The number of aryl methyl sites for hydroxylation is 1. The Bertz CT molecular complexity index is 1350. The normalized spacial score (nSPS) is 14.3. The van der Waals surface area contributed by atoms with Crippen molar-refractivity contribution in [2.45, 2.75) is 50.8 Å². The molecule has 1 fully saturated rings. The zero-order valence-corrected chi connectivity index (χ0v) is 21.2. The third kappa shape index (κ3) is 5.34. The van der Waals surface area contributed by atoms with Crippen LogP contribution in [0, 0.1) is 5.92 Å². The molecule has 188 valence electrons. The molecule has 1 atom stereocenters. The van der Waals surface area contributed by atoms with Gasteiger partial charge in [0.25, 0.3) is 0 Å². The Morgan fingerprint density at radius 3 is 2.69 bits per heavy atom. The Morgan fingerprint density at radius 1 is 1.25 bits per heavy atom. The monoisotopic (exact) mass is 506 g/mol. The van der Waals surface area contributed by atoms with E-state index in [1.807, 2.05) is 56.3 Å². The molecule has 0 spiro atoms. The smallest absolute Gasteiger partial charge is 0.411 e. The van der Waals surface area contributed by atoms with Gasteiger partial charge in [0.05, 0.1) is 29.5 Å². The summed E-state index contributed by atoms with van der Waals surface area (Å²) >= 11 is -1.18. The lowest BCUT2D eigenvalue weighted by Crippen LogP contribution is -2.17. The van der Waals surface area contributed by atoms with Crippen LogP contribution in [0.5, 0.6) is 0 Å². The topological polar surface area (TPSA) is 123 Å². The first-order valence-electron chi connectivity index (χ1n) is 12.1. The second-order valence-corrected chi connectivity index (χ2v) is 10.9. The Morgan fingerprint density at radius 2 is 2.03 bits per heavy atom. The molecular formula is C26H30N6O3S. The van der Waals surface area contributed by atoms with Crippen molar-refractivity contribution in [1.29, 1.82) is 0 Å². The van der Waals surface area contributed by atoms with E-state index in [1.54, 1.807) is 11.0 Å². The van der Waals surface area contributed by atoms with Crippen molar-refractivity contribution >= 4 is 39.5 Å². The Kier molecular flexibility index (Phi) is 6.88. The average molecular weight is 507 g/mol. The number of carbonyl (C=O) groups excluding carboxylic acids is 1. The van der Waals surface area contributed by atoms with E-state index >= 15 is 0 Å². The van der Waals surface area contributed by atoms with Crippen molar-refractivity contribution in [3.05, 3.63) is 55.1 Å². The van der Waals surface area contributed by atoms with Crippen LogP contribution >= 0.6 is 0 Å². The average Bonchev–Trinajstić information content (AvgIpc) is 3.43. The summed E-state index contributed by atoms with van der Waals surface area (Å²) in [5, 5.41) is 7.79. The highest BCUT2D eigenvalue weighted by atomic mass is 32.2. The SMILES string of the molecule is CC(C)OC(=O)Nc1ccc(-c2c(N)c3ccc([S+]([O-])CCn4cncn4)cc3n2CC2CC2)cc1. The number of carbonyl (C=O) groups is 1. The van der Waals surface area contributed by atoms with Gasteiger partial charge in [-0.15, -0.1) is 0 Å². The van der Waals surface area contributed by atoms with Gasteiger partial charge in [-0.05, 0) is 68.0 Å². The number of amides is 1. The fraction of sp³-hybridized carbons (Fsp3) is 0.346. The molecule has 0 aliphatic heterocycles. The minimum Gasteiger partial charge on any atom is -0.611 e. The molecule has 0 radical (unpaired) electrons. The molecule has 2 heterocycles. The first kappa shape index (κ1) is 24.2. The van der Waals surface area contributed by atoms with Gasteiger partial charge >= 0.3 is 6.09 Å². The summed E-state index contributed by atoms with van der Waals surface area (Å²) in [6.45, 7) is 5.01. The summed E-state index contributed by atoms with van der Waals surface area (Å²) in [5.74, 6) is 1.07. The number of hydrogen-bond acceptors (Lipinski definition) is 6. The van der Waals surface area contributed by atoms with Gasteiger partial charge in [-0.2, -0.15) is 5.10 Å². The summed E-state index contributed by atoms with van der Waals surface area (Å²) in [7, 11) is 0. The zero-order valence-electron chi connectivity index (χ0n) is 20.4. The number of rotatable bonds is 9. The first-order chi connectivity index (χ1) is 17.4. The lowest BCUT2D eigenvalue weighted by molar-refractivity contribution is 0.130. The predicted octanol–water partition coefficient (Wildman–Crippen LogP) is 4.66. The van der Waals surface area contributed by atoms with Crippen molar-refractivity contribution in [3.8, 4) is 11.3 Å². The first-order valence-corrected chi connectivity index (χ1v) is 13.4. The summed E-state index contributed by atoms with van der Waals surface area (Å²) in [6, 6.07) is 13.5. The van der Waals surface area contributed by atoms with Gasteiger partial charge in [0, 0.05) is 29.2 Å². The molecule has 10 heteroatoms. The van der Waals surface area contributed by atoms with Gasteiger partial charge in [0.15, 0.2) is 4.90 Å². The number of nitrogen functional groups attached to an aromatic ring is 1. The van der Waals surface area contributed by atoms with E-state index in [9.17, 15) is 9.35 Å². The molecule has 0 bridgehead atoms. The molecule has 3 N–H and O–H groups in total. The van der Waals surface area contributed by atoms with E-state index in [4.69, 9.17) is 10.5 Å². The number of hydrogen-bond donors (Lipinski definition) is 2. The number of nitrogens with zero attached hydrogens (tertiary/aromatic N) is 4. The summed E-state index contributed by atoms with van der Waals surface area (Å²) in [5.41, 5.74) is 10.9. The molecular weight excluding hydrogens is 476 g/mol. The number of ether oxygens (including phenoxy) is 1. The zero-order chi connectivity index (χ0) is 25.2. The Labute approximate surface area is 212 Å². The molecule has 4 aromatic rings. The second-order valence-electron chi connectivity index (χ2n) is 9.36. The van der Waals surface area contributed by atoms with Crippen LogP contribution in [0.3, 0.4) is 0 Å². The van der Waals surface area contributed by atoms with Crippen LogP contribution in [-0.4, -0.2) is 41.8 Å². The third-order valence-corrected chi connectivity index (χ3v) is 7.53. The van der Waals surface area contributed by atoms with Crippen molar-refractivity contribution < 1.29 is 14.1 Å². The van der Waals surface area contributed by atoms with Crippen LogP contribution in [-0.2, 0) is 29.0 Å². The maximum Gasteiger partial charge on any atom is 0.411 e. The Balaban J connectivity index is 1.44. The molecule has 36 heavy (non-hydrogen) atoms. The number of benzene rings is 2. The van der Waals surface area contributed by atoms with Crippen LogP contribution in [0.4, 0.5) is 16.2 Å². The second kappa shape index (κ2) is 10.2. The standard InChI is InChI=1S/C26H30N6O3S/c1-17(2)35-26(33)30-20-7-5-19(6-8-20)25-24(27)22-10-9-21(13-23(22)32(25)14-18-3-4-18)36(34)12-11-31-16-28-15-29-31/h5-10,13,15-18H,3-4,11-12,14,27H2,1-2H3,(H,30,33). The minimum atomic E-state index is -1.18. The lowest BCUT2D eigenvalue weighted by atomic mass is 10.1. The van der Waals surface area contributed by atoms with Gasteiger partial charge < -0.3 is 19.6 Å². The predicted molar refractivity (Wildman–Crippen MR) is 141 cm³/mol. The van der Waals surface area contributed by atoms with Crippen LogP contribution in [0.25, 0.3) is 22.2 Å². The van der Waals surface area contributed by atoms with Crippen LogP contribution < -0.4 is 11.1 Å². The quantitative estimate of drug-likeness (QED) is 0.318. The fourth-order valence-electron chi connectivity index (χ4n) is 4.27. The van der Waals surface area contributed by atoms with E-state index in [0.717, 1.165) is 33.6 Å². The van der Waals surface area contributed by atoms with E-state index in [1.165, 1.54) is 19.2 Å². The molecule has 1 aliphatic rings. The summed E-state index contributed by atoms with van der Waals surface area (Å²) < 4.78 is 22.2. The van der Waals surface area contributed by atoms with Crippen molar-refractivity contribution in [2.75, 3.05) is 16.8 Å². The van der Waals surface area contributed by atoms with Gasteiger partial charge in [-0.1, -0.05) is 12.1 Å². The van der Waals surface area contributed by atoms with Crippen molar-refractivity contribution in [2.24, 2.45) is 5.92 Å². The molecule has 1 aliphatic carbocycles. The molecule has 2 aromatic heterocycles. The third-order valence-electron chi connectivity index (χ3n) is 6.20. The van der Waals surface area contributed by atoms with E-state index in [2.05, 4.69) is 20.0 Å². The van der Waals surface area contributed by atoms with Crippen LogP contribution in [0.1, 0.15) is 26.7 Å². The van der Waals surface area contributed by atoms with Crippen LogP contribution in [0.15, 0.2) is 60.0 Å². The molecule has 1 unspecified atom stereocenters. The number of anilines is 2. The maximum absolute atomic E-state index is 13.0. The van der Waals surface area contributed by atoms with Crippen molar-refractivity contribution in [1.82, 2.24) is 19.3 Å². The highest BCUT2D eigenvalue weighted by Gasteiger charge is 2.26. The highest BCUT2D eigenvalue weighted by molar-refractivity contribution is 7.91. The van der Waals surface area contributed by atoms with Crippen LogP contribution in [0.2, 0.25) is 0 Å². The minimum absolute atomic E-state index is 0.191. The lowest BCUT2D eigenvalue weighted by Gasteiger charge is -2.14. The maximum atomic E-state index is 13.0. The molecule has 1 saturated carbocycles. The summed E-state index contributed by atoms with van der Waals surface area (Å²) in [6.07, 6.45) is 4.83. The van der Waals surface area contributed by atoms with Gasteiger partial charge in [-0.3, -0.25) is 5.32 Å².